The van der Waals surface area contributed by atoms with Gasteiger partial charge in [0.1, 0.15) is 0 Å². The Hall–Kier alpha value is -0.850. The first-order valence-corrected chi connectivity index (χ1v) is 8.80. The molecule has 1 unspecified atom stereocenters. The van der Waals surface area contributed by atoms with Crippen LogP contribution < -0.4 is 10.0 Å². The zero-order valence-electron chi connectivity index (χ0n) is 12.5. The molecule has 2 rings (SSSR count). The van der Waals surface area contributed by atoms with Crippen LogP contribution in [-0.2, 0) is 23.1 Å². The number of aryl methyl sites for hydroxylation is 1. The van der Waals surface area contributed by atoms with Crippen LogP contribution in [0.25, 0.3) is 0 Å². The number of nitrogens with zero attached hydrogens (tertiary/aromatic N) is 1. The molecular formula is C14H25N3O2S. The summed E-state index contributed by atoms with van der Waals surface area (Å²) in [4.78, 5) is 0.368. The summed E-state index contributed by atoms with van der Waals surface area (Å²) < 4.78 is 29.5. The van der Waals surface area contributed by atoms with E-state index in [4.69, 9.17) is 0 Å². The zero-order chi connectivity index (χ0) is 14.8. The normalized spacial score (nSPS) is 17.4. The quantitative estimate of drug-likeness (QED) is 0.768. The largest absolute Gasteiger partial charge is 0.349 e. The Bertz CT molecular complexity index is 547. The van der Waals surface area contributed by atoms with Crippen LogP contribution >= 0.6 is 0 Å². The van der Waals surface area contributed by atoms with Crippen molar-refractivity contribution in [3.05, 3.63) is 18.0 Å². The molecule has 0 bridgehead atoms. The average molecular weight is 299 g/mol. The monoisotopic (exact) mass is 299 g/mol. The van der Waals surface area contributed by atoms with Gasteiger partial charge in [-0.25, -0.2) is 13.1 Å². The fourth-order valence-electron chi connectivity index (χ4n) is 2.53. The summed E-state index contributed by atoms with van der Waals surface area (Å²) in [7, 11) is -1.55. The molecule has 2 N–H and O–H groups in total. The highest BCUT2D eigenvalue weighted by atomic mass is 32.2. The molecule has 1 heterocycles. The van der Waals surface area contributed by atoms with E-state index in [1.807, 2.05) is 25.5 Å². The maximum atomic E-state index is 12.4. The van der Waals surface area contributed by atoms with Crippen LogP contribution in [0.2, 0.25) is 0 Å². The van der Waals surface area contributed by atoms with Crippen LogP contribution in [0.15, 0.2) is 17.2 Å². The van der Waals surface area contributed by atoms with Gasteiger partial charge in [-0.3, -0.25) is 0 Å². The molecule has 0 radical (unpaired) electrons. The Kier molecular flexibility index (Phi) is 4.88. The van der Waals surface area contributed by atoms with Crippen LogP contribution in [0, 0.1) is 5.92 Å². The third-order valence-corrected chi connectivity index (χ3v) is 5.27. The molecule has 1 aliphatic rings. The lowest BCUT2D eigenvalue weighted by Crippen LogP contribution is -2.32. The number of hydrogen-bond donors (Lipinski definition) is 2. The fraction of sp³-hybridized carbons (Fsp3) is 0.714. The molecule has 20 heavy (non-hydrogen) atoms. The Labute approximate surface area is 121 Å². The Morgan fingerprint density at radius 3 is 2.70 bits per heavy atom. The van der Waals surface area contributed by atoms with Crippen molar-refractivity contribution in [2.24, 2.45) is 5.92 Å². The highest BCUT2D eigenvalue weighted by molar-refractivity contribution is 7.89. The molecule has 1 saturated carbocycles. The second kappa shape index (κ2) is 6.28. The first-order valence-electron chi connectivity index (χ1n) is 7.32. The van der Waals surface area contributed by atoms with Gasteiger partial charge in [-0.2, -0.15) is 0 Å². The summed E-state index contributed by atoms with van der Waals surface area (Å²) in [5.41, 5.74) is 0.991. The minimum absolute atomic E-state index is 0.00484. The van der Waals surface area contributed by atoms with Crippen molar-refractivity contribution in [1.82, 2.24) is 14.6 Å². The van der Waals surface area contributed by atoms with E-state index in [2.05, 4.69) is 10.0 Å². The first kappa shape index (κ1) is 15.5. The van der Waals surface area contributed by atoms with Crippen LogP contribution in [0.3, 0.4) is 0 Å². The van der Waals surface area contributed by atoms with E-state index in [1.54, 1.807) is 12.3 Å². The zero-order valence-corrected chi connectivity index (χ0v) is 13.3. The fourth-order valence-corrected chi connectivity index (χ4v) is 3.85. The summed E-state index contributed by atoms with van der Waals surface area (Å²) in [6.07, 6.45) is 5.14. The van der Waals surface area contributed by atoms with Crippen LogP contribution in [0.5, 0.6) is 0 Å². The van der Waals surface area contributed by atoms with E-state index in [0.717, 1.165) is 18.7 Å². The van der Waals surface area contributed by atoms with Gasteiger partial charge in [0.05, 0.1) is 4.90 Å². The standard InChI is InChI=1S/C14H25N3O2S/c1-4-17-10-14(8-13(17)9-15-3)20(18,19)16-11(2)7-12-5-6-12/h8,10-12,15-16H,4-7,9H2,1-3H3. The third kappa shape index (κ3) is 3.84. The van der Waals surface area contributed by atoms with Crippen molar-refractivity contribution < 1.29 is 8.42 Å². The van der Waals surface area contributed by atoms with Crippen LogP contribution in [-0.4, -0.2) is 26.1 Å². The van der Waals surface area contributed by atoms with Gasteiger partial charge >= 0.3 is 0 Å². The lowest BCUT2D eigenvalue weighted by atomic mass is 10.2. The maximum absolute atomic E-state index is 12.4. The van der Waals surface area contributed by atoms with Crippen molar-refractivity contribution in [3.8, 4) is 0 Å². The van der Waals surface area contributed by atoms with Gasteiger partial charge in [0.2, 0.25) is 10.0 Å². The van der Waals surface area contributed by atoms with Crippen molar-refractivity contribution >= 4 is 10.0 Å². The molecule has 5 nitrogen and oxygen atoms in total. The second-order valence-electron chi connectivity index (χ2n) is 5.68. The number of aromatic nitrogens is 1. The van der Waals surface area contributed by atoms with Crippen molar-refractivity contribution in [2.75, 3.05) is 7.05 Å². The predicted octanol–water partition coefficient (Wildman–Crippen LogP) is 1.69. The van der Waals surface area contributed by atoms with Gasteiger partial charge in [0.15, 0.2) is 0 Å². The second-order valence-corrected chi connectivity index (χ2v) is 7.40. The van der Waals surface area contributed by atoms with Gasteiger partial charge in [0.25, 0.3) is 0 Å². The molecule has 0 aliphatic heterocycles. The van der Waals surface area contributed by atoms with Gasteiger partial charge < -0.3 is 9.88 Å². The SMILES string of the molecule is CCn1cc(S(=O)(=O)NC(C)CC2CC2)cc1CNC. The number of rotatable bonds is 8. The summed E-state index contributed by atoms with van der Waals surface area (Å²) in [6.45, 7) is 5.39. The van der Waals surface area contributed by atoms with Gasteiger partial charge in [-0.05, 0) is 39.3 Å². The van der Waals surface area contributed by atoms with E-state index in [-0.39, 0.29) is 6.04 Å². The predicted molar refractivity (Wildman–Crippen MR) is 80.0 cm³/mol. The average Bonchev–Trinajstić information content (AvgIpc) is 3.06. The van der Waals surface area contributed by atoms with E-state index in [0.29, 0.717) is 17.4 Å². The lowest BCUT2D eigenvalue weighted by molar-refractivity contribution is 0.529. The first-order chi connectivity index (χ1) is 9.46. The summed E-state index contributed by atoms with van der Waals surface area (Å²) in [6, 6.07) is 1.76. The molecule has 0 saturated heterocycles. The number of hydrogen-bond acceptors (Lipinski definition) is 3. The highest BCUT2D eigenvalue weighted by Gasteiger charge is 2.26. The molecule has 1 aromatic heterocycles. The highest BCUT2D eigenvalue weighted by Crippen LogP contribution is 2.33. The summed E-state index contributed by atoms with van der Waals surface area (Å²) in [5, 5.41) is 3.06. The molecule has 6 heteroatoms. The minimum Gasteiger partial charge on any atom is -0.349 e. The molecule has 0 amide bonds. The van der Waals surface area contributed by atoms with E-state index in [9.17, 15) is 8.42 Å². The minimum atomic E-state index is -3.41. The van der Waals surface area contributed by atoms with Crippen molar-refractivity contribution in [2.45, 2.75) is 57.1 Å². The smallest absolute Gasteiger partial charge is 0.242 e. The van der Waals surface area contributed by atoms with Gasteiger partial charge in [-0.15, -0.1) is 0 Å². The topological polar surface area (TPSA) is 63.1 Å². The Morgan fingerprint density at radius 1 is 1.45 bits per heavy atom. The van der Waals surface area contributed by atoms with Crippen molar-refractivity contribution in [1.29, 1.82) is 0 Å². The van der Waals surface area contributed by atoms with E-state index in [1.165, 1.54) is 12.8 Å². The van der Waals surface area contributed by atoms with Crippen molar-refractivity contribution in [3.63, 3.8) is 0 Å². The molecule has 1 aromatic rings. The summed E-state index contributed by atoms with van der Waals surface area (Å²) in [5.74, 6) is 0.716. The maximum Gasteiger partial charge on any atom is 0.242 e. The molecule has 0 aromatic carbocycles. The number of nitrogens with one attached hydrogen (secondary N) is 2. The molecule has 0 spiro atoms. The molecule has 1 aliphatic carbocycles. The van der Waals surface area contributed by atoms with Gasteiger partial charge in [0, 0.05) is 31.0 Å². The lowest BCUT2D eigenvalue weighted by Gasteiger charge is -2.12. The number of sulfonamides is 1. The molecular weight excluding hydrogens is 274 g/mol. The Balaban J connectivity index is 2.11. The summed E-state index contributed by atoms with van der Waals surface area (Å²) >= 11 is 0. The van der Waals surface area contributed by atoms with E-state index < -0.39 is 10.0 Å². The molecule has 114 valence electrons. The molecule has 1 fully saturated rings. The van der Waals surface area contributed by atoms with Gasteiger partial charge in [-0.1, -0.05) is 12.8 Å². The Morgan fingerprint density at radius 2 is 2.15 bits per heavy atom. The third-order valence-electron chi connectivity index (χ3n) is 3.71. The van der Waals surface area contributed by atoms with E-state index >= 15 is 0 Å². The molecule has 1 atom stereocenters. The van der Waals surface area contributed by atoms with Crippen LogP contribution in [0.4, 0.5) is 0 Å². The van der Waals surface area contributed by atoms with Crippen LogP contribution in [0.1, 0.15) is 38.8 Å².